The summed E-state index contributed by atoms with van der Waals surface area (Å²) in [7, 11) is 0. The fourth-order valence-corrected chi connectivity index (χ4v) is 1.79. The molecule has 0 spiro atoms. The first-order chi connectivity index (χ1) is 9.22. The topological polar surface area (TPSA) is 118 Å². The fourth-order valence-electron chi connectivity index (χ4n) is 1.79. The molecular formula is C11H12N6O2. The number of nitrogens with two attached hydrogens (primary N) is 1. The normalized spacial score (nSPS) is 13.4. The highest BCUT2D eigenvalue weighted by molar-refractivity contribution is 5.97. The number of benzene rings is 1. The number of fused-ring (bicyclic) bond motifs is 1. The van der Waals surface area contributed by atoms with Crippen LogP contribution >= 0.6 is 0 Å². The van der Waals surface area contributed by atoms with Crippen molar-refractivity contribution in [3.63, 3.8) is 0 Å². The molecule has 1 aliphatic rings. The fraction of sp³-hybridized carbons (Fsp3) is 0.182. The number of nitrogens with zero attached hydrogens (tertiary/aromatic N) is 2. The quantitative estimate of drug-likeness (QED) is 0.591. The molecule has 1 amide bonds. The second-order valence-corrected chi connectivity index (χ2v) is 4.06. The largest absolute Gasteiger partial charge is 0.482 e. The van der Waals surface area contributed by atoms with Gasteiger partial charge in [0.2, 0.25) is 0 Å². The van der Waals surface area contributed by atoms with Crippen molar-refractivity contribution in [2.75, 3.05) is 23.0 Å². The second-order valence-electron chi connectivity index (χ2n) is 4.06. The number of anilines is 3. The van der Waals surface area contributed by atoms with Gasteiger partial charge in [-0.3, -0.25) is 9.89 Å². The number of amides is 1. The Morgan fingerprint density at radius 2 is 2.37 bits per heavy atom. The first-order valence-electron chi connectivity index (χ1n) is 5.66. The molecule has 0 fully saturated rings. The minimum atomic E-state index is -0.182. The Labute approximate surface area is 108 Å². The number of carbonyl (C=O) groups is 1. The van der Waals surface area contributed by atoms with Crippen LogP contribution in [-0.2, 0) is 11.3 Å². The molecule has 1 aromatic carbocycles. The summed E-state index contributed by atoms with van der Waals surface area (Å²) < 4.78 is 5.27. The third-order valence-corrected chi connectivity index (χ3v) is 2.70. The van der Waals surface area contributed by atoms with E-state index in [0.717, 1.165) is 0 Å². The number of carbonyl (C=O) groups excluding carboxylic acids is 1. The zero-order valence-electron chi connectivity index (χ0n) is 9.93. The van der Waals surface area contributed by atoms with Crippen molar-refractivity contribution in [1.82, 2.24) is 15.2 Å². The Bertz CT molecular complexity index is 610. The summed E-state index contributed by atoms with van der Waals surface area (Å²) in [6, 6.07) is 3.41. The summed E-state index contributed by atoms with van der Waals surface area (Å²) in [4.78, 5) is 15.3. The molecule has 0 bridgehead atoms. The van der Waals surface area contributed by atoms with E-state index in [1.807, 2.05) is 0 Å². The van der Waals surface area contributed by atoms with E-state index in [0.29, 0.717) is 35.2 Å². The summed E-state index contributed by atoms with van der Waals surface area (Å²) in [5, 5.41) is 12.3. The Morgan fingerprint density at radius 3 is 3.16 bits per heavy atom. The Morgan fingerprint density at radius 1 is 1.47 bits per heavy atom. The first-order valence-corrected chi connectivity index (χ1v) is 5.66. The molecule has 1 aromatic heterocycles. The van der Waals surface area contributed by atoms with Crippen molar-refractivity contribution >= 4 is 23.0 Å². The molecule has 0 saturated carbocycles. The smallest absolute Gasteiger partial charge is 0.262 e. The van der Waals surface area contributed by atoms with Crippen LogP contribution in [0.2, 0.25) is 0 Å². The van der Waals surface area contributed by atoms with Gasteiger partial charge >= 0.3 is 0 Å². The van der Waals surface area contributed by atoms with E-state index in [9.17, 15) is 4.79 Å². The maximum Gasteiger partial charge on any atom is 0.262 e. The van der Waals surface area contributed by atoms with E-state index >= 15 is 0 Å². The molecule has 0 unspecified atom stereocenters. The molecule has 2 heterocycles. The molecule has 5 N–H and O–H groups in total. The zero-order chi connectivity index (χ0) is 13.2. The lowest BCUT2D eigenvalue weighted by molar-refractivity contribution is -0.118. The average Bonchev–Trinajstić information content (AvgIpc) is 2.90. The van der Waals surface area contributed by atoms with Crippen LogP contribution in [0.3, 0.4) is 0 Å². The summed E-state index contributed by atoms with van der Waals surface area (Å²) >= 11 is 0. The lowest BCUT2D eigenvalue weighted by Gasteiger charge is -2.20. The van der Waals surface area contributed by atoms with Crippen molar-refractivity contribution in [3.05, 3.63) is 24.3 Å². The van der Waals surface area contributed by atoms with Crippen LogP contribution < -0.4 is 21.1 Å². The molecule has 19 heavy (non-hydrogen) atoms. The highest BCUT2D eigenvalue weighted by Gasteiger charge is 2.17. The van der Waals surface area contributed by atoms with Gasteiger partial charge in [-0.15, -0.1) is 0 Å². The van der Waals surface area contributed by atoms with Gasteiger partial charge in [0.25, 0.3) is 5.91 Å². The highest BCUT2D eigenvalue weighted by Crippen LogP contribution is 2.35. The summed E-state index contributed by atoms with van der Waals surface area (Å²) in [5.74, 6) is 1.08. The van der Waals surface area contributed by atoms with Crippen molar-refractivity contribution in [2.45, 2.75) is 6.54 Å². The van der Waals surface area contributed by atoms with Crippen LogP contribution in [0, 0.1) is 0 Å². The lowest BCUT2D eigenvalue weighted by Crippen LogP contribution is -2.25. The van der Waals surface area contributed by atoms with Crippen LogP contribution in [0.15, 0.2) is 18.5 Å². The van der Waals surface area contributed by atoms with Gasteiger partial charge < -0.3 is 21.1 Å². The summed E-state index contributed by atoms with van der Waals surface area (Å²) in [6.45, 7) is 0.467. The first kappa shape index (κ1) is 11.3. The molecule has 98 valence electrons. The molecule has 0 atom stereocenters. The van der Waals surface area contributed by atoms with Crippen molar-refractivity contribution in [1.29, 1.82) is 0 Å². The third-order valence-electron chi connectivity index (χ3n) is 2.70. The van der Waals surface area contributed by atoms with Crippen LogP contribution in [0.4, 0.5) is 17.1 Å². The number of ether oxygens (including phenoxy) is 1. The highest BCUT2D eigenvalue weighted by atomic mass is 16.5. The van der Waals surface area contributed by atoms with Gasteiger partial charge in [-0.25, -0.2) is 4.98 Å². The maximum absolute atomic E-state index is 11.3. The molecule has 2 aromatic rings. The minimum absolute atomic E-state index is 0.0112. The summed E-state index contributed by atoms with van der Waals surface area (Å²) in [6.07, 6.45) is 1.43. The average molecular weight is 260 g/mol. The Balaban J connectivity index is 1.81. The molecule has 0 aliphatic carbocycles. The molecule has 0 saturated heterocycles. The predicted octanol–water partition coefficient (Wildman–Crippen LogP) is 0.330. The van der Waals surface area contributed by atoms with E-state index in [4.69, 9.17) is 10.5 Å². The maximum atomic E-state index is 11.3. The number of rotatable bonds is 3. The SMILES string of the molecule is Nc1cc2c(cc1NCc1ncn[nH]1)NC(=O)CO2. The van der Waals surface area contributed by atoms with Crippen molar-refractivity contribution in [3.8, 4) is 5.75 Å². The number of nitrogens with one attached hydrogen (secondary N) is 3. The van der Waals surface area contributed by atoms with Gasteiger partial charge in [0.15, 0.2) is 6.61 Å². The van der Waals surface area contributed by atoms with E-state index in [-0.39, 0.29) is 12.5 Å². The molecule has 8 nitrogen and oxygen atoms in total. The van der Waals surface area contributed by atoms with E-state index in [1.54, 1.807) is 12.1 Å². The molecule has 8 heteroatoms. The second kappa shape index (κ2) is 4.48. The number of nitrogen functional groups attached to an aromatic ring is 1. The van der Waals surface area contributed by atoms with Gasteiger partial charge in [0, 0.05) is 6.07 Å². The van der Waals surface area contributed by atoms with E-state index < -0.39 is 0 Å². The van der Waals surface area contributed by atoms with Gasteiger partial charge in [-0.2, -0.15) is 5.10 Å². The zero-order valence-corrected chi connectivity index (χ0v) is 9.93. The van der Waals surface area contributed by atoms with Crippen molar-refractivity contribution < 1.29 is 9.53 Å². The van der Waals surface area contributed by atoms with Gasteiger partial charge in [0.05, 0.1) is 23.6 Å². The molecule has 0 radical (unpaired) electrons. The molecule has 3 rings (SSSR count). The van der Waals surface area contributed by atoms with E-state index in [1.165, 1.54) is 6.33 Å². The number of hydrogen-bond donors (Lipinski definition) is 4. The van der Waals surface area contributed by atoms with Gasteiger partial charge in [0.1, 0.15) is 17.9 Å². The molecular weight excluding hydrogens is 248 g/mol. The number of aromatic amines is 1. The minimum Gasteiger partial charge on any atom is -0.482 e. The van der Waals surface area contributed by atoms with Crippen LogP contribution in [0.5, 0.6) is 5.75 Å². The van der Waals surface area contributed by atoms with Crippen LogP contribution in [-0.4, -0.2) is 27.7 Å². The Kier molecular flexibility index (Phi) is 2.67. The predicted molar refractivity (Wildman–Crippen MR) is 68.7 cm³/mol. The van der Waals surface area contributed by atoms with Crippen LogP contribution in [0.25, 0.3) is 0 Å². The number of hydrogen-bond acceptors (Lipinski definition) is 6. The van der Waals surface area contributed by atoms with Gasteiger partial charge in [-0.1, -0.05) is 0 Å². The monoisotopic (exact) mass is 260 g/mol. The van der Waals surface area contributed by atoms with Crippen molar-refractivity contribution in [2.24, 2.45) is 0 Å². The Hall–Kier alpha value is -2.77. The van der Waals surface area contributed by atoms with E-state index in [2.05, 4.69) is 25.8 Å². The number of aromatic nitrogens is 3. The standard InChI is InChI=1S/C11H12N6O2/c12-6-1-9-8(16-11(18)4-19-9)2-7(6)13-3-10-14-5-15-17-10/h1-2,5,13H,3-4,12H2,(H,16,18)(H,14,15,17). The third kappa shape index (κ3) is 2.28. The lowest BCUT2D eigenvalue weighted by atomic mass is 10.2. The molecule has 1 aliphatic heterocycles. The summed E-state index contributed by atoms with van der Waals surface area (Å²) in [5.41, 5.74) is 7.75. The van der Waals surface area contributed by atoms with Gasteiger partial charge in [-0.05, 0) is 6.07 Å². The number of H-pyrrole nitrogens is 1. The van der Waals surface area contributed by atoms with Crippen LogP contribution in [0.1, 0.15) is 5.82 Å².